The molecule has 0 radical (unpaired) electrons. The standard InChI is InChI=1S/C27H30N6O2/c1-19-4-7-22(16-28-19)27(35)32-13-10-21(11-14-32)15-20-5-8-24(9-6-20)30-26(34)23-17-33(18-23)25-3-2-12-29-31-25/h2-9,12,16,21,23H,10-11,13-15,17-18H2,1H3,(H,30,34). The summed E-state index contributed by atoms with van der Waals surface area (Å²) >= 11 is 0. The first-order valence-corrected chi connectivity index (χ1v) is 12.2. The number of anilines is 2. The molecule has 5 rings (SSSR count). The van der Waals surface area contributed by atoms with Crippen LogP contribution >= 0.6 is 0 Å². The number of piperidine rings is 1. The van der Waals surface area contributed by atoms with Gasteiger partial charge in [-0.1, -0.05) is 12.1 Å². The van der Waals surface area contributed by atoms with Crippen molar-refractivity contribution in [2.45, 2.75) is 26.2 Å². The van der Waals surface area contributed by atoms with E-state index in [4.69, 9.17) is 0 Å². The van der Waals surface area contributed by atoms with E-state index in [9.17, 15) is 9.59 Å². The van der Waals surface area contributed by atoms with Crippen LogP contribution in [0.5, 0.6) is 0 Å². The summed E-state index contributed by atoms with van der Waals surface area (Å²) in [5.74, 6) is 1.43. The molecule has 2 saturated heterocycles. The Morgan fingerprint density at radius 2 is 1.80 bits per heavy atom. The second-order valence-electron chi connectivity index (χ2n) is 9.50. The van der Waals surface area contributed by atoms with Crippen LogP contribution < -0.4 is 10.2 Å². The summed E-state index contributed by atoms with van der Waals surface area (Å²) < 4.78 is 0. The molecule has 0 spiro atoms. The number of carbonyl (C=O) groups excluding carboxylic acids is 2. The maximum atomic E-state index is 12.7. The number of rotatable bonds is 6. The highest BCUT2D eigenvalue weighted by molar-refractivity contribution is 5.94. The van der Waals surface area contributed by atoms with Gasteiger partial charge in [0, 0.05) is 50.0 Å². The average molecular weight is 471 g/mol. The Hall–Kier alpha value is -3.81. The van der Waals surface area contributed by atoms with Crippen LogP contribution in [0.1, 0.15) is 34.5 Å². The Balaban J connectivity index is 1.06. The molecule has 180 valence electrons. The van der Waals surface area contributed by atoms with Gasteiger partial charge in [0.1, 0.15) is 0 Å². The summed E-state index contributed by atoms with van der Waals surface area (Å²) in [6.07, 6.45) is 6.29. The van der Waals surface area contributed by atoms with E-state index in [0.29, 0.717) is 24.6 Å². The van der Waals surface area contributed by atoms with E-state index in [1.165, 1.54) is 5.56 Å². The fraction of sp³-hybridized carbons (Fsp3) is 0.370. The molecule has 2 aliphatic heterocycles. The Morgan fingerprint density at radius 1 is 1.03 bits per heavy atom. The number of likely N-dealkylation sites (tertiary alicyclic amines) is 1. The first-order chi connectivity index (χ1) is 17.0. The second-order valence-corrected chi connectivity index (χ2v) is 9.50. The van der Waals surface area contributed by atoms with Gasteiger partial charge in [-0.05, 0) is 74.1 Å². The lowest BCUT2D eigenvalue weighted by Crippen LogP contribution is -2.52. The first-order valence-electron chi connectivity index (χ1n) is 12.2. The minimum absolute atomic E-state index is 0.0405. The Labute approximate surface area is 205 Å². The molecule has 3 aromatic rings. The van der Waals surface area contributed by atoms with E-state index < -0.39 is 0 Å². The molecular formula is C27H30N6O2. The molecule has 4 heterocycles. The predicted octanol–water partition coefficient (Wildman–Crippen LogP) is 3.35. The summed E-state index contributed by atoms with van der Waals surface area (Å²) in [4.78, 5) is 33.5. The molecule has 35 heavy (non-hydrogen) atoms. The lowest BCUT2D eigenvalue weighted by molar-refractivity contribution is -0.120. The normalized spacial score (nSPS) is 16.6. The van der Waals surface area contributed by atoms with Crippen molar-refractivity contribution in [1.82, 2.24) is 20.1 Å². The van der Waals surface area contributed by atoms with Gasteiger partial charge >= 0.3 is 0 Å². The van der Waals surface area contributed by atoms with Crippen molar-refractivity contribution in [3.05, 3.63) is 77.7 Å². The molecule has 8 heteroatoms. The number of amides is 2. The number of aryl methyl sites for hydroxylation is 1. The maximum Gasteiger partial charge on any atom is 0.255 e. The second kappa shape index (κ2) is 10.2. The fourth-order valence-corrected chi connectivity index (χ4v) is 4.71. The van der Waals surface area contributed by atoms with Gasteiger partial charge in [0.05, 0.1) is 11.5 Å². The van der Waals surface area contributed by atoms with Gasteiger partial charge in [0.2, 0.25) is 5.91 Å². The SMILES string of the molecule is Cc1ccc(C(=O)N2CCC(Cc3ccc(NC(=O)C4CN(c5cccnn5)C4)cc3)CC2)cn1. The van der Waals surface area contributed by atoms with Crippen LogP contribution in [0.4, 0.5) is 11.5 Å². The highest BCUT2D eigenvalue weighted by Crippen LogP contribution is 2.25. The van der Waals surface area contributed by atoms with Crippen molar-refractivity contribution in [2.75, 3.05) is 36.4 Å². The average Bonchev–Trinajstić information content (AvgIpc) is 2.85. The summed E-state index contributed by atoms with van der Waals surface area (Å²) in [7, 11) is 0. The predicted molar refractivity (Wildman–Crippen MR) is 134 cm³/mol. The molecule has 0 aliphatic carbocycles. The fourth-order valence-electron chi connectivity index (χ4n) is 4.71. The lowest BCUT2D eigenvalue weighted by atomic mass is 9.90. The third-order valence-corrected chi connectivity index (χ3v) is 6.94. The van der Waals surface area contributed by atoms with Crippen molar-refractivity contribution in [2.24, 2.45) is 11.8 Å². The monoisotopic (exact) mass is 470 g/mol. The number of aromatic nitrogens is 3. The van der Waals surface area contributed by atoms with Gasteiger partial charge in [-0.2, -0.15) is 5.10 Å². The highest BCUT2D eigenvalue weighted by atomic mass is 16.2. The molecule has 0 atom stereocenters. The van der Waals surface area contributed by atoms with Crippen molar-refractivity contribution in [1.29, 1.82) is 0 Å². The van der Waals surface area contributed by atoms with Crippen LogP contribution in [0, 0.1) is 18.8 Å². The van der Waals surface area contributed by atoms with Gasteiger partial charge in [-0.3, -0.25) is 14.6 Å². The van der Waals surface area contributed by atoms with Crippen LogP contribution in [0.3, 0.4) is 0 Å². The molecular weight excluding hydrogens is 440 g/mol. The van der Waals surface area contributed by atoms with Crippen LogP contribution in [0.2, 0.25) is 0 Å². The van der Waals surface area contributed by atoms with Crippen molar-refractivity contribution in [3.8, 4) is 0 Å². The number of nitrogens with one attached hydrogen (secondary N) is 1. The molecule has 0 unspecified atom stereocenters. The van der Waals surface area contributed by atoms with Gasteiger partial charge < -0.3 is 15.1 Å². The molecule has 2 aromatic heterocycles. The largest absolute Gasteiger partial charge is 0.353 e. The highest BCUT2D eigenvalue weighted by Gasteiger charge is 2.33. The zero-order valence-corrected chi connectivity index (χ0v) is 19.9. The zero-order chi connectivity index (χ0) is 24.2. The number of pyridine rings is 1. The third kappa shape index (κ3) is 5.48. The Bertz CT molecular complexity index is 1150. The quantitative estimate of drug-likeness (QED) is 0.594. The van der Waals surface area contributed by atoms with E-state index >= 15 is 0 Å². The molecule has 2 fully saturated rings. The molecule has 8 nitrogen and oxygen atoms in total. The van der Waals surface area contributed by atoms with Crippen LogP contribution in [-0.4, -0.2) is 58.1 Å². The van der Waals surface area contributed by atoms with Crippen molar-refractivity contribution >= 4 is 23.3 Å². The van der Waals surface area contributed by atoms with Gasteiger partial charge in [0.15, 0.2) is 5.82 Å². The maximum absolute atomic E-state index is 12.7. The number of hydrogen-bond donors (Lipinski definition) is 1. The topological polar surface area (TPSA) is 91.3 Å². The van der Waals surface area contributed by atoms with E-state index in [0.717, 1.165) is 49.6 Å². The minimum Gasteiger partial charge on any atom is -0.353 e. The van der Waals surface area contributed by atoms with Crippen LogP contribution in [0.25, 0.3) is 0 Å². The molecule has 1 N–H and O–H groups in total. The zero-order valence-electron chi connectivity index (χ0n) is 19.9. The molecule has 0 saturated carbocycles. The summed E-state index contributed by atoms with van der Waals surface area (Å²) in [5, 5.41) is 11.0. The van der Waals surface area contributed by atoms with E-state index in [1.807, 2.05) is 48.2 Å². The molecule has 2 aliphatic rings. The van der Waals surface area contributed by atoms with Crippen LogP contribution in [0.15, 0.2) is 60.9 Å². The first kappa shape index (κ1) is 23.0. The van der Waals surface area contributed by atoms with Crippen molar-refractivity contribution in [3.63, 3.8) is 0 Å². The van der Waals surface area contributed by atoms with Gasteiger partial charge in [0.25, 0.3) is 5.91 Å². The van der Waals surface area contributed by atoms with E-state index in [1.54, 1.807) is 12.4 Å². The number of nitrogens with zero attached hydrogens (tertiary/aromatic N) is 5. The molecule has 2 amide bonds. The number of carbonyl (C=O) groups is 2. The summed E-state index contributed by atoms with van der Waals surface area (Å²) in [5.41, 5.74) is 3.66. The van der Waals surface area contributed by atoms with Gasteiger partial charge in [-0.25, -0.2) is 0 Å². The molecule has 0 bridgehead atoms. The van der Waals surface area contributed by atoms with Crippen LogP contribution in [-0.2, 0) is 11.2 Å². The third-order valence-electron chi connectivity index (χ3n) is 6.94. The van der Waals surface area contributed by atoms with E-state index in [-0.39, 0.29) is 17.7 Å². The molecule has 1 aromatic carbocycles. The summed E-state index contributed by atoms with van der Waals surface area (Å²) in [6.45, 7) is 4.79. The van der Waals surface area contributed by atoms with Crippen molar-refractivity contribution < 1.29 is 9.59 Å². The lowest BCUT2D eigenvalue weighted by Gasteiger charge is -2.38. The van der Waals surface area contributed by atoms with Gasteiger partial charge in [-0.15, -0.1) is 5.10 Å². The number of benzene rings is 1. The Morgan fingerprint density at radius 3 is 2.46 bits per heavy atom. The number of hydrogen-bond acceptors (Lipinski definition) is 6. The van der Waals surface area contributed by atoms with E-state index in [2.05, 4.69) is 37.5 Å². The smallest absolute Gasteiger partial charge is 0.255 e. The Kier molecular flexibility index (Phi) is 6.70. The summed E-state index contributed by atoms with van der Waals surface area (Å²) in [6, 6.07) is 15.6. The minimum atomic E-state index is -0.0414.